The Kier molecular flexibility index (Phi) is 4.33. The van der Waals surface area contributed by atoms with E-state index in [4.69, 9.17) is 0 Å². The number of aryl methyl sites for hydroxylation is 1. The van der Waals surface area contributed by atoms with Crippen LogP contribution in [0.25, 0.3) is 11.1 Å². The maximum absolute atomic E-state index is 10.2. The van der Waals surface area contributed by atoms with Crippen LogP contribution in [-0.2, 0) is 19.3 Å². The normalized spacial score (nSPS) is 10.8. The molecule has 0 atom stereocenters. The van der Waals surface area contributed by atoms with Gasteiger partial charge in [-0.2, -0.15) is 0 Å². The molecule has 0 saturated carbocycles. The molecule has 0 saturated heterocycles. The molecule has 0 aliphatic heterocycles. The maximum Gasteiger partial charge on any atom is 0.123 e. The molecule has 0 amide bonds. The van der Waals surface area contributed by atoms with Gasteiger partial charge in [-0.25, -0.2) is 0 Å². The van der Waals surface area contributed by atoms with E-state index in [2.05, 4.69) is 20.8 Å². The molecule has 0 aliphatic carbocycles. The van der Waals surface area contributed by atoms with Crippen LogP contribution in [-0.4, -0.2) is 10.2 Å². The Morgan fingerprint density at radius 2 is 1.45 bits per heavy atom. The highest BCUT2D eigenvalue weighted by Gasteiger charge is 2.18. The van der Waals surface area contributed by atoms with Gasteiger partial charge in [-0.05, 0) is 53.6 Å². The number of rotatable bonds is 4. The lowest BCUT2D eigenvalue weighted by molar-refractivity contribution is 0.466. The van der Waals surface area contributed by atoms with E-state index in [1.807, 2.05) is 24.3 Å². The topological polar surface area (TPSA) is 40.5 Å². The molecule has 2 aromatic carbocycles. The van der Waals surface area contributed by atoms with Crippen LogP contribution in [0, 0.1) is 0 Å². The van der Waals surface area contributed by atoms with Crippen molar-refractivity contribution < 1.29 is 10.2 Å². The van der Waals surface area contributed by atoms with Crippen molar-refractivity contribution in [2.24, 2.45) is 0 Å². The number of benzene rings is 2. The zero-order valence-electron chi connectivity index (χ0n) is 12.4. The monoisotopic (exact) mass is 270 g/mol. The molecule has 2 N–H and O–H groups in total. The molecular weight excluding hydrogens is 248 g/mol. The maximum atomic E-state index is 10.2. The number of phenolic OH excluding ortho intramolecular Hbond substituents is 2. The van der Waals surface area contributed by atoms with E-state index in [0.29, 0.717) is 11.5 Å². The summed E-state index contributed by atoms with van der Waals surface area (Å²) in [7, 11) is 0. The minimum absolute atomic E-state index is 0.296. The van der Waals surface area contributed by atoms with Crippen LogP contribution >= 0.6 is 0 Å². The Balaban J connectivity index is 2.83. The van der Waals surface area contributed by atoms with E-state index < -0.39 is 0 Å². The molecule has 20 heavy (non-hydrogen) atoms. The largest absolute Gasteiger partial charge is 0.508 e. The predicted octanol–water partition coefficient (Wildman–Crippen LogP) is 4.45. The van der Waals surface area contributed by atoms with E-state index >= 15 is 0 Å². The molecule has 0 radical (unpaired) electrons. The van der Waals surface area contributed by atoms with Crippen molar-refractivity contribution in [2.45, 2.75) is 40.0 Å². The second-order valence-corrected chi connectivity index (χ2v) is 4.96. The average molecular weight is 270 g/mol. The molecule has 0 spiro atoms. The summed E-state index contributed by atoms with van der Waals surface area (Å²) in [5, 5.41) is 20.4. The fourth-order valence-corrected chi connectivity index (χ4v) is 2.91. The zero-order valence-corrected chi connectivity index (χ0v) is 12.4. The first-order valence-corrected chi connectivity index (χ1v) is 7.28. The van der Waals surface area contributed by atoms with Crippen LogP contribution in [0.1, 0.15) is 37.5 Å². The van der Waals surface area contributed by atoms with Gasteiger partial charge in [0.2, 0.25) is 0 Å². The SMILES string of the molecule is CCc1cc(O)c(CC)c(CC)c1-c1ccccc1O. The Bertz CT molecular complexity index is 615. The van der Waals surface area contributed by atoms with Gasteiger partial charge in [0.25, 0.3) is 0 Å². The molecule has 0 unspecified atom stereocenters. The van der Waals surface area contributed by atoms with Gasteiger partial charge in [0.1, 0.15) is 11.5 Å². The number of phenols is 2. The summed E-state index contributed by atoms with van der Waals surface area (Å²) >= 11 is 0. The van der Waals surface area contributed by atoms with Crippen LogP contribution in [0.2, 0.25) is 0 Å². The third kappa shape index (κ3) is 2.38. The van der Waals surface area contributed by atoms with E-state index in [1.54, 1.807) is 6.07 Å². The van der Waals surface area contributed by atoms with Gasteiger partial charge in [-0.3, -0.25) is 0 Å². The first-order valence-electron chi connectivity index (χ1n) is 7.28. The number of hydrogen-bond donors (Lipinski definition) is 2. The molecule has 2 nitrogen and oxygen atoms in total. The molecule has 0 aromatic heterocycles. The number of para-hydroxylation sites is 1. The van der Waals surface area contributed by atoms with Crippen LogP contribution in [0.3, 0.4) is 0 Å². The predicted molar refractivity (Wildman–Crippen MR) is 83.3 cm³/mol. The molecule has 2 rings (SSSR count). The Hall–Kier alpha value is -1.96. The second kappa shape index (κ2) is 6.00. The highest BCUT2D eigenvalue weighted by Crippen LogP contribution is 2.39. The molecule has 106 valence electrons. The molecule has 0 fully saturated rings. The summed E-state index contributed by atoms with van der Waals surface area (Å²) in [5.41, 5.74) is 5.16. The van der Waals surface area contributed by atoms with Crippen molar-refractivity contribution in [2.75, 3.05) is 0 Å². The smallest absolute Gasteiger partial charge is 0.123 e. The number of aromatic hydroxyl groups is 2. The first kappa shape index (κ1) is 14.4. The van der Waals surface area contributed by atoms with E-state index in [9.17, 15) is 10.2 Å². The summed E-state index contributed by atoms with van der Waals surface area (Å²) < 4.78 is 0. The zero-order chi connectivity index (χ0) is 14.7. The van der Waals surface area contributed by atoms with Gasteiger partial charge in [0, 0.05) is 5.56 Å². The van der Waals surface area contributed by atoms with Crippen molar-refractivity contribution in [1.29, 1.82) is 0 Å². The lowest BCUT2D eigenvalue weighted by Gasteiger charge is -2.19. The standard InChI is InChI=1S/C18H22O2/c1-4-12-11-17(20)13(5-2)14(6-3)18(12)15-9-7-8-10-16(15)19/h7-11,19-20H,4-6H2,1-3H3. The molecule has 2 heteroatoms. The van der Waals surface area contributed by atoms with Crippen molar-refractivity contribution in [3.63, 3.8) is 0 Å². The van der Waals surface area contributed by atoms with Gasteiger partial charge >= 0.3 is 0 Å². The fraction of sp³-hybridized carbons (Fsp3) is 0.333. The van der Waals surface area contributed by atoms with E-state index in [-0.39, 0.29) is 0 Å². The van der Waals surface area contributed by atoms with Gasteiger partial charge < -0.3 is 10.2 Å². The van der Waals surface area contributed by atoms with Crippen LogP contribution < -0.4 is 0 Å². The quantitative estimate of drug-likeness (QED) is 0.861. The van der Waals surface area contributed by atoms with Gasteiger partial charge in [0.05, 0.1) is 0 Å². The second-order valence-electron chi connectivity index (χ2n) is 4.96. The first-order chi connectivity index (χ1) is 9.63. The lowest BCUT2D eigenvalue weighted by atomic mass is 9.86. The van der Waals surface area contributed by atoms with Crippen LogP contribution in [0.5, 0.6) is 11.5 Å². The third-order valence-electron chi connectivity index (χ3n) is 3.87. The molecule has 0 bridgehead atoms. The fourth-order valence-electron chi connectivity index (χ4n) is 2.91. The summed E-state index contributed by atoms with van der Waals surface area (Å²) in [6.07, 6.45) is 2.46. The van der Waals surface area contributed by atoms with Gasteiger partial charge in [0.15, 0.2) is 0 Å². The van der Waals surface area contributed by atoms with Crippen molar-refractivity contribution in [3.05, 3.63) is 47.0 Å². The van der Waals surface area contributed by atoms with Gasteiger partial charge in [-0.15, -0.1) is 0 Å². The summed E-state index contributed by atoms with van der Waals surface area (Å²) in [5.74, 6) is 0.671. The van der Waals surface area contributed by atoms with Gasteiger partial charge in [-0.1, -0.05) is 39.0 Å². The number of hydrogen-bond acceptors (Lipinski definition) is 2. The van der Waals surface area contributed by atoms with Crippen molar-refractivity contribution in [3.8, 4) is 22.6 Å². The molecule has 2 aromatic rings. The Labute approximate surface area is 120 Å². The summed E-state index contributed by atoms with van der Waals surface area (Å²) in [6, 6.07) is 9.27. The van der Waals surface area contributed by atoms with Crippen molar-refractivity contribution in [1.82, 2.24) is 0 Å². The highest BCUT2D eigenvalue weighted by molar-refractivity contribution is 5.78. The van der Waals surface area contributed by atoms with Crippen LogP contribution in [0.15, 0.2) is 30.3 Å². The molecule has 0 heterocycles. The lowest BCUT2D eigenvalue weighted by Crippen LogP contribution is -2.00. The third-order valence-corrected chi connectivity index (χ3v) is 3.87. The highest BCUT2D eigenvalue weighted by atomic mass is 16.3. The van der Waals surface area contributed by atoms with Crippen molar-refractivity contribution >= 4 is 0 Å². The Morgan fingerprint density at radius 3 is 2.00 bits per heavy atom. The van der Waals surface area contributed by atoms with E-state index in [1.165, 1.54) is 0 Å². The molecular formula is C18H22O2. The van der Waals surface area contributed by atoms with Crippen LogP contribution in [0.4, 0.5) is 0 Å². The van der Waals surface area contributed by atoms with E-state index in [0.717, 1.165) is 47.1 Å². The molecule has 0 aliphatic rings. The minimum atomic E-state index is 0.296. The summed E-state index contributed by atoms with van der Waals surface area (Å²) in [6.45, 7) is 6.22. The summed E-state index contributed by atoms with van der Waals surface area (Å²) in [4.78, 5) is 0. The average Bonchev–Trinajstić information content (AvgIpc) is 2.46. The Morgan fingerprint density at radius 1 is 0.800 bits per heavy atom. The minimum Gasteiger partial charge on any atom is -0.508 e.